The molecular weight excluding hydrogens is 201 g/mol. The summed E-state index contributed by atoms with van der Waals surface area (Å²) in [5.74, 6) is 1.27. The molecule has 0 aromatic heterocycles. The summed E-state index contributed by atoms with van der Waals surface area (Å²) in [6.45, 7) is 6.56. The van der Waals surface area contributed by atoms with Crippen LogP contribution in [0.1, 0.15) is 24.5 Å². The second-order valence-corrected chi connectivity index (χ2v) is 5.01. The fraction of sp³-hybridized carbons (Fsp3) is 0.571. The van der Waals surface area contributed by atoms with E-state index in [0.29, 0.717) is 5.92 Å². The number of hydrogen-bond donors (Lipinski definition) is 1. The van der Waals surface area contributed by atoms with Crippen LogP contribution < -0.4 is 5.32 Å². The van der Waals surface area contributed by atoms with Gasteiger partial charge in [-0.25, -0.2) is 4.39 Å². The lowest BCUT2D eigenvalue weighted by atomic mass is 9.83. The Balaban J connectivity index is 2.10. The van der Waals surface area contributed by atoms with Gasteiger partial charge in [-0.2, -0.15) is 0 Å². The molecule has 1 N–H and O–H groups in total. The van der Waals surface area contributed by atoms with E-state index in [1.165, 1.54) is 17.5 Å². The van der Waals surface area contributed by atoms with E-state index in [2.05, 4.69) is 19.2 Å². The van der Waals surface area contributed by atoms with Crippen LogP contribution in [0.4, 0.5) is 4.39 Å². The minimum absolute atomic E-state index is 0.114. The van der Waals surface area contributed by atoms with Gasteiger partial charge >= 0.3 is 0 Å². The molecule has 2 atom stereocenters. The van der Waals surface area contributed by atoms with Crippen molar-refractivity contribution in [3.05, 3.63) is 35.1 Å². The summed E-state index contributed by atoms with van der Waals surface area (Å²) in [6.07, 6.45) is 2.23. The van der Waals surface area contributed by atoms with Gasteiger partial charge in [0.15, 0.2) is 0 Å². The molecule has 1 fully saturated rings. The van der Waals surface area contributed by atoms with Crippen LogP contribution in [0.2, 0.25) is 0 Å². The maximum atomic E-state index is 13.2. The van der Waals surface area contributed by atoms with Gasteiger partial charge in [0.25, 0.3) is 0 Å². The van der Waals surface area contributed by atoms with Gasteiger partial charge in [0.2, 0.25) is 0 Å². The maximum absolute atomic E-state index is 13.2. The summed E-state index contributed by atoms with van der Waals surface area (Å²) in [7, 11) is 0. The molecule has 0 amide bonds. The van der Waals surface area contributed by atoms with Crippen molar-refractivity contribution >= 4 is 0 Å². The lowest BCUT2D eigenvalue weighted by Crippen LogP contribution is -2.36. The fourth-order valence-electron chi connectivity index (χ4n) is 2.47. The predicted octanol–water partition coefficient (Wildman–Crippen LogP) is 2.92. The summed E-state index contributed by atoms with van der Waals surface area (Å²) in [4.78, 5) is 0. The van der Waals surface area contributed by atoms with E-state index < -0.39 is 0 Å². The van der Waals surface area contributed by atoms with E-state index in [0.717, 1.165) is 25.4 Å². The minimum Gasteiger partial charge on any atom is -0.316 e. The Morgan fingerprint density at radius 3 is 3.00 bits per heavy atom. The van der Waals surface area contributed by atoms with Crippen LogP contribution in [0.5, 0.6) is 0 Å². The summed E-state index contributed by atoms with van der Waals surface area (Å²) >= 11 is 0. The quantitative estimate of drug-likeness (QED) is 0.809. The normalized spacial score (nSPS) is 25.7. The molecule has 88 valence electrons. The van der Waals surface area contributed by atoms with Crippen molar-refractivity contribution in [1.29, 1.82) is 0 Å². The van der Waals surface area contributed by atoms with Crippen LogP contribution in [-0.2, 0) is 6.42 Å². The van der Waals surface area contributed by atoms with Gasteiger partial charge in [0.1, 0.15) is 5.82 Å². The third-order valence-corrected chi connectivity index (χ3v) is 3.78. The first kappa shape index (κ1) is 11.6. The van der Waals surface area contributed by atoms with Crippen LogP contribution >= 0.6 is 0 Å². The zero-order chi connectivity index (χ0) is 11.5. The molecule has 2 rings (SSSR count). The summed E-state index contributed by atoms with van der Waals surface area (Å²) in [5, 5.41) is 3.43. The Hall–Kier alpha value is -0.890. The maximum Gasteiger partial charge on any atom is 0.123 e. The van der Waals surface area contributed by atoms with Crippen LogP contribution in [-0.4, -0.2) is 13.1 Å². The highest BCUT2D eigenvalue weighted by molar-refractivity contribution is 5.27. The molecule has 1 saturated heterocycles. The van der Waals surface area contributed by atoms with Crippen LogP contribution in [0, 0.1) is 24.6 Å². The second-order valence-electron chi connectivity index (χ2n) is 5.01. The van der Waals surface area contributed by atoms with Gasteiger partial charge < -0.3 is 5.32 Å². The average molecular weight is 221 g/mol. The van der Waals surface area contributed by atoms with Crippen LogP contribution in [0.3, 0.4) is 0 Å². The van der Waals surface area contributed by atoms with Gasteiger partial charge in [0, 0.05) is 0 Å². The highest BCUT2D eigenvalue weighted by atomic mass is 19.1. The van der Waals surface area contributed by atoms with E-state index in [4.69, 9.17) is 0 Å². The molecule has 1 heterocycles. The van der Waals surface area contributed by atoms with Gasteiger partial charge in [-0.15, -0.1) is 0 Å². The molecule has 0 radical (unpaired) electrons. The molecular formula is C14H20FN. The number of nitrogens with one attached hydrogen (secondary N) is 1. The predicted molar refractivity (Wildman–Crippen MR) is 65.0 cm³/mol. The molecule has 2 unspecified atom stereocenters. The largest absolute Gasteiger partial charge is 0.316 e. The molecule has 1 aromatic rings. The van der Waals surface area contributed by atoms with Crippen molar-refractivity contribution in [3.8, 4) is 0 Å². The zero-order valence-corrected chi connectivity index (χ0v) is 10.1. The van der Waals surface area contributed by atoms with Crippen LogP contribution in [0.15, 0.2) is 18.2 Å². The number of piperidine rings is 1. The van der Waals surface area contributed by atoms with Gasteiger partial charge in [-0.05, 0) is 68.0 Å². The Bertz CT molecular complexity index is 362. The molecule has 1 nitrogen and oxygen atoms in total. The number of hydrogen-bond acceptors (Lipinski definition) is 1. The smallest absolute Gasteiger partial charge is 0.123 e. The summed E-state index contributed by atoms with van der Waals surface area (Å²) in [5.41, 5.74) is 2.37. The Morgan fingerprint density at radius 2 is 2.25 bits per heavy atom. The standard InChI is InChI=1S/C14H20FN/c1-10-3-4-14(15)8-12(10)7-13-9-16-6-5-11(13)2/h3-4,8,11,13,16H,5-7,9H2,1-2H3. The van der Waals surface area contributed by atoms with Gasteiger partial charge in [0.05, 0.1) is 0 Å². The molecule has 2 heteroatoms. The van der Waals surface area contributed by atoms with E-state index in [9.17, 15) is 4.39 Å². The van der Waals surface area contributed by atoms with Crippen molar-refractivity contribution in [2.45, 2.75) is 26.7 Å². The van der Waals surface area contributed by atoms with Crippen LogP contribution in [0.25, 0.3) is 0 Å². The second kappa shape index (κ2) is 4.96. The highest BCUT2D eigenvalue weighted by Crippen LogP contribution is 2.24. The number of rotatable bonds is 2. The van der Waals surface area contributed by atoms with Crippen molar-refractivity contribution in [1.82, 2.24) is 5.32 Å². The van der Waals surface area contributed by atoms with E-state index in [1.54, 1.807) is 12.1 Å². The fourth-order valence-corrected chi connectivity index (χ4v) is 2.47. The van der Waals surface area contributed by atoms with Crippen molar-refractivity contribution in [3.63, 3.8) is 0 Å². The average Bonchev–Trinajstić information content (AvgIpc) is 2.27. The molecule has 16 heavy (non-hydrogen) atoms. The monoisotopic (exact) mass is 221 g/mol. The van der Waals surface area contributed by atoms with E-state index in [1.807, 2.05) is 6.07 Å². The SMILES string of the molecule is Cc1ccc(F)cc1CC1CNCCC1C. The van der Waals surface area contributed by atoms with Gasteiger partial charge in [-0.3, -0.25) is 0 Å². The van der Waals surface area contributed by atoms with E-state index in [-0.39, 0.29) is 5.82 Å². The zero-order valence-electron chi connectivity index (χ0n) is 10.1. The molecule has 0 aliphatic carbocycles. The van der Waals surface area contributed by atoms with E-state index >= 15 is 0 Å². The van der Waals surface area contributed by atoms with Crippen molar-refractivity contribution in [2.75, 3.05) is 13.1 Å². The highest BCUT2D eigenvalue weighted by Gasteiger charge is 2.21. The Kier molecular flexibility index (Phi) is 3.59. The molecule has 0 bridgehead atoms. The third kappa shape index (κ3) is 2.62. The number of aryl methyl sites for hydroxylation is 1. The summed E-state index contributed by atoms with van der Waals surface area (Å²) < 4.78 is 13.2. The van der Waals surface area contributed by atoms with Crippen molar-refractivity contribution < 1.29 is 4.39 Å². The molecule has 1 aromatic carbocycles. The molecule has 0 saturated carbocycles. The first-order chi connectivity index (χ1) is 7.66. The minimum atomic E-state index is -0.114. The molecule has 1 aliphatic rings. The Morgan fingerprint density at radius 1 is 1.44 bits per heavy atom. The third-order valence-electron chi connectivity index (χ3n) is 3.78. The topological polar surface area (TPSA) is 12.0 Å². The molecule has 1 aliphatic heterocycles. The van der Waals surface area contributed by atoms with Gasteiger partial charge in [-0.1, -0.05) is 13.0 Å². The molecule has 0 spiro atoms. The number of benzene rings is 1. The van der Waals surface area contributed by atoms with Crippen molar-refractivity contribution in [2.24, 2.45) is 11.8 Å². The number of halogens is 1. The lowest BCUT2D eigenvalue weighted by molar-refractivity contribution is 0.272. The first-order valence-electron chi connectivity index (χ1n) is 6.12. The lowest BCUT2D eigenvalue weighted by Gasteiger charge is -2.30. The first-order valence-corrected chi connectivity index (χ1v) is 6.12. The Labute approximate surface area is 97.1 Å². The summed E-state index contributed by atoms with van der Waals surface area (Å²) in [6, 6.07) is 5.11.